The highest BCUT2D eigenvalue weighted by Crippen LogP contribution is 2.21. The van der Waals surface area contributed by atoms with Gasteiger partial charge >= 0.3 is 6.03 Å². The van der Waals surface area contributed by atoms with Gasteiger partial charge in [-0.2, -0.15) is 0 Å². The molecule has 4 nitrogen and oxygen atoms in total. The number of benzene rings is 1. The lowest BCUT2D eigenvalue weighted by molar-refractivity contribution is 0.206. The van der Waals surface area contributed by atoms with E-state index < -0.39 is 0 Å². The van der Waals surface area contributed by atoms with E-state index in [0.717, 1.165) is 36.6 Å². The summed E-state index contributed by atoms with van der Waals surface area (Å²) in [4.78, 5) is 14.6. The number of thioether (sulfide) groups is 1. The summed E-state index contributed by atoms with van der Waals surface area (Å²) in [6.07, 6.45) is 22.6. The first-order valence-corrected chi connectivity index (χ1v) is 14.6. The van der Waals surface area contributed by atoms with E-state index in [-0.39, 0.29) is 11.8 Å². The zero-order valence-electron chi connectivity index (χ0n) is 21.2. The van der Waals surface area contributed by atoms with Crippen molar-refractivity contribution >= 4 is 17.8 Å². The van der Waals surface area contributed by atoms with Crippen LogP contribution in [-0.4, -0.2) is 34.9 Å². The number of rotatable bonds is 22. The minimum absolute atomic E-state index is 0.290. The van der Waals surface area contributed by atoms with Gasteiger partial charge in [0.1, 0.15) is 5.75 Å². The second kappa shape index (κ2) is 21.2. The molecule has 0 radical (unpaired) electrons. The van der Waals surface area contributed by atoms with Gasteiger partial charge in [0.25, 0.3) is 0 Å². The highest BCUT2D eigenvalue weighted by Gasteiger charge is 2.08. The number of carbonyl (C=O) groups excluding carboxylic acids is 1. The highest BCUT2D eigenvalue weighted by molar-refractivity contribution is 7.99. The molecular formula is C28H50N2O2S. The number of aromatic hydroxyl groups is 1. The number of hydrogen-bond donors (Lipinski definition) is 2. The van der Waals surface area contributed by atoms with Gasteiger partial charge in [0.15, 0.2) is 0 Å². The van der Waals surface area contributed by atoms with Crippen LogP contribution in [0.3, 0.4) is 0 Å². The number of unbranched alkanes of at least 4 members (excludes halogenated alkanes) is 15. The molecule has 0 unspecified atom stereocenters. The fourth-order valence-corrected chi connectivity index (χ4v) is 5.01. The average Bonchev–Trinajstić information content (AvgIpc) is 2.81. The molecule has 1 aromatic rings. The third-order valence-corrected chi connectivity index (χ3v) is 7.37. The van der Waals surface area contributed by atoms with Gasteiger partial charge in [-0.05, 0) is 42.9 Å². The lowest BCUT2D eigenvalue weighted by Gasteiger charge is -2.20. The predicted octanol–water partition coefficient (Wildman–Crippen LogP) is 8.52. The summed E-state index contributed by atoms with van der Waals surface area (Å²) < 4.78 is 0. The highest BCUT2D eigenvalue weighted by atomic mass is 32.2. The molecule has 0 atom stereocenters. The Hall–Kier alpha value is -1.36. The molecule has 0 aromatic heterocycles. The SMILES string of the molecule is CCCCCCCCCCCCCCCCCCN(CCCSc1ccc(O)cc1)C(N)=O. The number of carbonyl (C=O) groups is 1. The summed E-state index contributed by atoms with van der Waals surface area (Å²) >= 11 is 1.74. The van der Waals surface area contributed by atoms with Crippen LogP contribution in [0.4, 0.5) is 4.79 Å². The molecule has 190 valence electrons. The van der Waals surface area contributed by atoms with Gasteiger partial charge in [-0.3, -0.25) is 0 Å². The van der Waals surface area contributed by atoms with Crippen LogP contribution in [0.25, 0.3) is 0 Å². The van der Waals surface area contributed by atoms with Crippen LogP contribution in [-0.2, 0) is 0 Å². The van der Waals surface area contributed by atoms with E-state index in [2.05, 4.69) is 6.92 Å². The standard InChI is InChI=1S/C28H50N2O2S/c1-2-3-4-5-6-7-8-9-10-11-12-13-14-15-16-17-23-30(28(29)32)24-18-25-33-27-21-19-26(31)20-22-27/h19-22,31H,2-18,23-25H2,1H3,(H2,29,32). The molecule has 0 aliphatic heterocycles. The summed E-state index contributed by atoms with van der Waals surface area (Å²) in [6, 6.07) is 6.94. The number of urea groups is 1. The van der Waals surface area contributed by atoms with E-state index in [4.69, 9.17) is 5.73 Å². The zero-order valence-corrected chi connectivity index (χ0v) is 22.1. The second-order valence-electron chi connectivity index (χ2n) is 9.32. The number of phenolic OH excluding ortho intramolecular Hbond substituents is 1. The number of primary amides is 1. The fraction of sp³-hybridized carbons (Fsp3) is 0.750. The van der Waals surface area contributed by atoms with Crippen molar-refractivity contribution in [2.75, 3.05) is 18.8 Å². The largest absolute Gasteiger partial charge is 0.508 e. The summed E-state index contributed by atoms with van der Waals surface area (Å²) in [5.74, 6) is 1.23. The normalized spacial score (nSPS) is 11.1. The molecule has 1 aromatic carbocycles. The molecule has 0 saturated heterocycles. The Kier molecular flexibility index (Phi) is 19.1. The molecule has 33 heavy (non-hydrogen) atoms. The van der Waals surface area contributed by atoms with Gasteiger partial charge in [0.2, 0.25) is 0 Å². The Morgan fingerprint density at radius 1 is 0.727 bits per heavy atom. The van der Waals surface area contributed by atoms with E-state index in [1.165, 1.54) is 96.3 Å². The van der Waals surface area contributed by atoms with E-state index >= 15 is 0 Å². The molecule has 0 heterocycles. The maximum atomic E-state index is 11.7. The molecule has 5 heteroatoms. The Morgan fingerprint density at radius 3 is 1.61 bits per heavy atom. The monoisotopic (exact) mass is 478 g/mol. The van der Waals surface area contributed by atoms with Crippen LogP contribution in [0, 0.1) is 0 Å². The molecule has 2 amide bonds. The van der Waals surface area contributed by atoms with Crippen molar-refractivity contribution in [2.24, 2.45) is 5.73 Å². The van der Waals surface area contributed by atoms with Crippen molar-refractivity contribution in [1.82, 2.24) is 4.90 Å². The number of hydrogen-bond acceptors (Lipinski definition) is 3. The van der Waals surface area contributed by atoms with Gasteiger partial charge in [0, 0.05) is 18.0 Å². The Balaban J connectivity index is 1.90. The first-order chi connectivity index (χ1) is 16.1. The molecule has 0 aliphatic rings. The van der Waals surface area contributed by atoms with Gasteiger partial charge in [-0.15, -0.1) is 11.8 Å². The Morgan fingerprint density at radius 2 is 1.15 bits per heavy atom. The van der Waals surface area contributed by atoms with Crippen molar-refractivity contribution in [2.45, 2.75) is 121 Å². The van der Waals surface area contributed by atoms with Crippen LogP contribution in [0.15, 0.2) is 29.2 Å². The molecule has 0 spiro atoms. The molecule has 3 N–H and O–H groups in total. The molecule has 0 saturated carbocycles. The van der Waals surface area contributed by atoms with Crippen molar-refractivity contribution in [3.8, 4) is 5.75 Å². The van der Waals surface area contributed by atoms with E-state index in [0.29, 0.717) is 0 Å². The number of amides is 2. The van der Waals surface area contributed by atoms with E-state index in [9.17, 15) is 9.90 Å². The lowest BCUT2D eigenvalue weighted by atomic mass is 10.0. The maximum Gasteiger partial charge on any atom is 0.314 e. The lowest BCUT2D eigenvalue weighted by Crippen LogP contribution is -2.37. The van der Waals surface area contributed by atoms with Gasteiger partial charge in [-0.1, -0.05) is 103 Å². The molecule has 0 fully saturated rings. The van der Waals surface area contributed by atoms with Crippen molar-refractivity contribution in [1.29, 1.82) is 0 Å². The van der Waals surface area contributed by atoms with Crippen LogP contribution < -0.4 is 5.73 Å². The smallest absolute Gasteiger partial charge is 0.314 e. The van der Waals surface area contributed by atoms with Gasteiger partial charge in [-0.25, -0.2) is 4.79 Å². The molecule has 1 rings (SSSR count). The van der Waals surface area contributed by atoms with Crippen molar-refractivity contribution < 1.29 is 9.90 Å². The summed E-state index contributed by atoms with van der Waals surface area (Å²) in [5, 5.41) is 9.33. The number of phenols is 1. The van der Waals surface area contributed by atoms with Crippen LogP contribution in [0.5, 0.6) is 5.75 Å². The van der Waals surface area contributed by atoms with Gasteiger partial charge in [0.05, 0.1) is 0 Å². The summed E-state index contributed by atoms with van der Waals surface area (Å²) in [6.45, 7) is 3.78. The van der Waals surface area contributed by atoms with E-state index in [1.54, 1.807) is 28.8 Å². The average molecular weight is 479 g/mol. The quantitative estimate of drug-likeness (QED) is 0.130. The second-order valence-corrected chi connectivity index (χ2v) is 10.5. The van der Waals surface area contributed by atoms with Crippen molar-refractivity contribution in [3.63, 3.8) is 0 Å². The minimum Gasteiger partial charge on any atom is -0.508 e. The summed E-state index contributed by atoms with van der Waals surface area (Å²) in [7, 11) is 0. The number of nitrogens with zero attached hydrogens (tertiary/aromatic N) is 1. The van der Waals surface area contributed by atoms with Crippen LogP contribution >= 0.6 is 11.8 Å². The summed E-state index contributed by atoms with van der Waals surface area (Å²) in [5.41, 5.74) is 5.57. The maximum absolute atomic E-state index is 11.7. The zero-order chi connectivity index (χ0) is 24.0. The molecule has 0 bridgehead atoms. The van der Waals surface area contributed by atoms with Gasteiger partial charge < -0.3 is 15.7 Å². The Labute approximate surface area is 208 Å². The first kappa shape index (κ1) is 29.7. The fourth-order valence-electron chi connectivity index (χ4n) is 4.17. The van der Waals surface area contributed by atoms with E-state index in [1.807, 2.05) is 12.1 Å². The van der Waals surface area contributed by atoms with Crippen LogP contribution in [0.1, 0.15) is 116 Å². The molecular weight excluding hydrogens is 428 g/mol. The predicted molar refractivity (Wildman–Crippen MR) is 144 cm³/mol. The first-order valence-electron chi connectivity index (χ1n) is 13.6. The Bertz CT molecular complexity index is 580. The molecule has 0 aliphatic carbocycles. The van der Waals surface area contributed by atoms with Crippen molar-refractivity contribution in [3.05, 3.63) is 24.3 Å². The number of nitrogens with two attached hydrogens (primary N) is 1. The van der Waals surface area contributed by atoms with Crippen LogP contribution in [0.2, 0.25) is 0 Å². The third kappa shape index (κ3) is 17.7. The minimum atomic E-state index is -0.300. The topological polar surface area (TPSA) is 66.6 Å². The third-order valence-electron chi connectivity index (χ3n) is 6.27.